The van der Waals surface area contributed by atoms with Gasteiger partial charge in [0.05, 0.1) is 17.7 Å². The summed E-state index contributed by atoms with van der Waals surface area (Å²) in [6.07, 6.45) is 1.31. The number of allylic oxidation sites excluding steroid dienone is 1. The molecule has 0 spiro atoms. The van der Waals surface area contributed by atoms with Gasteiger partial charge in [-0.15, -0.1) is 11.3 Å². The smallest absolute Gasteiger partial charge is 0.348 e. The number of thiophene rings is 1. The van der Waals surface area contributed by atoms with Crippen molar-refractivity contribution in [2.24, 2.45) is 0 Å². The largest absolute Gasteiger partial charge is 0.488 e. The Bertz CT molecular complexity index is 1360. The molecule has 6 nitrogen and oxygen atoms in total. The summed E-state index contributed by atoms with van der Waals surface area (Å²) in [5.41, 5.74) is 2.23. The summed E-state index contributed by atoms with van der Waals surface area (Å²) in [7, 11) is 0. The average Bonchev–Trinajstić information content (AvgIpc) is 3.17. The van der Waals surface area contributed by atoms with Crippen molar-refractivity contribution in [3.05, 3.63) is 90.6 Å². The number of ether oxygens (including phenoxy) is 2. The number of nitrogens with zero attached hydrogens (tertiary/aromatic N) is 2. The number of Topliss-reactive ketones (excluding diaryl/α,β-unsaturated/α-hetero) is 1. The Morgan fingerprint density at radius 3 is 2.49 bits per heavy atom. The molecule has 35 heavy (non-hydrogen) atoms. The average molecular weight is 549 g/mol. The first kappa shape index (κ1) is 25.9. The maximum Gasteiger partial charge on any atom is 0.348 e. The zero-order valence-corrected chi connectivity index (χ0v) is 21.5. The number of halogens is 1. The molecule has 0 radical (unpaired) electrons. The van der Waals surface area contributed by atoms with E-state index >= 15 is 0 Å². The van der Waals surface area contributed by atoms with E-state index < -0.39 is 11.8 Å². The van der Waals surface area contributed by atoms with Crippen molar-refractivity contribution in [1.82, 2.24) is 0 Å². The third-order valence-corrected chi connectivity index (χ3v) is 6.86. The summed E-state index contributed by atoms with van der Waals surface area (Å²) in [5.74, 6) is -0.452. The number of carbonyl (C=O) groups excluding carboxylic acids is 2. The van der Waals surface area contributed by atoms with Crippen molar-refractivity contribution in [3.63, 3.8) is 0 Å². The molecule has 0 fully saturated rings. The fourth-order valence-corrected chi connectivity index (χ4v) is 4.69. The normalized spacial score (nSPS) is 10.8. The third-order valence-electron chi connectivity index (χ3n) is 5.06. The monoisotopic (exact) mass is 548 g/mol. The number of ketones is 1. The standard InChI is InChI=1S/C27H21BrN2O4S/c1-3-33-27(32)26-17(2)22(15-30)25(35-26)13-23(31)20(14-29)12-19-6-4-5-7-24(19)34-16-18-8-10-21(28)11-9-18/h4-12H,3,13,16H2,1-2H3/b20-12+. The number of hydrogen-bond donors (Lipinski definition) is 0. The first-order valence-corrected chi connectivity index (χ1v) is 12.3. The van der Waals surface area contributed by atoms with Crippen LogP contribution in [0.25, 0.3) is 6.08 Å². The summed E-state index contributed by atoms with van der Waals surface area (Å²) in [5, 5.41) is 19.3. The van der Waals surface area contributed by atoms with Crippen LogP contribution in [0.1, 0.15) is 43.7 Å². The lowest BCUT2D eigenvalue weighted by Crippen LogP contribution is -2.05. The van der Waals surface area contributed by atoms with Crippen LogP contribution < -0.4 is 4.74 Å². The maximum absolute atomic E-state index is 13.0. The van der Waals surface area contributed by atoms with Crippen molar-refractivity contribution >= 4 is 45.1 Å². The van der Waals surface area contributed by atoms with E-state index in [1.165, 1.54) is 6.08 Å². The minimum Gasteiger partial charge on any atom is -0.488 e. The molecule has 0 saturated heterocycles. The molecule has 176 valence electrons. The van der Waals surface area contributed by atoms with Gasteiger partial charge < -0.3 is 9.47 Å². The molecule has 0 bridgehead atoms. The number of carbonyl (C=O) groups is 2. The number of rotatable bonds is 9. The van der Waals surface area contributed by atoms with Crippen molar-refractivity contribution in [1.29, 1.82) is 10.5 Å². The van der Waals surface area contributed by atoms with E-state index in [4.69, 9.17) is 9.47 Å². The molecule has 0 aliphatic carbocycles. The fourth-order valence-electron chi connectivity index (χ4n) is 3.28. The zero-order chi connectivity index (χ0) is 25.4. The molecule has 0 N–H and O–H groups in total. The SMILES string of the molecule is CCOC(=O)c1sc(CC(=O)/C(C#N)=C/c2ccccc2OCc2ccc(Br)cc2)c(C#N)c1C. The Morgan fingerprint density at radius 1 is 1.11 bits per heavy atom. The Morgan fingerprint density at radius 2 is 1.83 bits per heavy atom. The van der Waals surface area contributed by atoms with E-state index in [0.717, 1.165) is 21.4 Å². The molecule has 3 rings (SSSR count). The van der Waals surface area contributed by atoms with Crippen LogP contribution in [0.15, 0.2) is 58.6 Å². The van der Waals surface area contributed by atoms with Crippen LogP contribution in [-0.2, 0) is 22.6 Å². The molecule has 3 aromatic rings. The van der Waals surface area contributed by atoms with Crippen LogP contribution in [0.5, 0.6) is 5.75 Å². The quantitative estimate of drug-likeness (QED) is 0.180. The summed E-state index contributed by atoms with van der Waals surface area (Å²) >= 11 is 4.45. The molecule has 8 heteroatoms. The van der Waals surface area contributed by atoms with Crippen LogP contribution >= 0.6 is 27.3 Å². The highest BCUT2D eigenvalue weighted by Gasteiger charge is 2.23. The summed E-state index contributed by atoms with van der Waals surface area (Å²) in [4.78, 5) is 25.9. The van der Waals surface area contributed by atoms with Crippen molar-refractivity contribution in [2.75, 3.05) is 6.61 Å². The number of nitriles is 2. The van der Waals surface area contributed by atoms with Crippen LogP contribution in [0.2, 0.25) is 0 Å². The van der Waals surface area contributed by atoms with Crippen LogP contribution in [-0.4, -0.2) is 18.4 Å². The molecular formula is C27H21BrN2O4S. The minimum absolute atomic E-state index is 0.0719. The lowest BCUT2D eigenvalue weighted by Gasteiger charge is -2.10. The summed E-state index contributed by atoms with van der Waals surface area (Å²) in [6, 6.07) is 18.9. The van der Waals surface area contributed by atoms with Gasteiger partial charge in [-0.2, -0.15) is 10.5 Å². The second-order valence-corrected chi connectivity index (χ2v) is 9.43. The molecule has 1 aromatic heterocycles. The number of esters is 1. The molecule has 0 atom stereocenters. The molecule has 2 aromatic carbocycles. The lowest BCUT2D eigenvalue weighted by molar-refractivity contribution is -0.114. The van der Waals surface area contributed by atoms with Gasteiger partial charge >= 0.3 is 5.97 Å². The lowest BCUT2D eigenvalue weighted by atomic mass is 10.0. The first-order valence-electron chi connectivity index (χ1n) is 10.7. The minimum atomic E-state index is -0.530. The van der Waals surface area contributed by atoms with Gasteiger partial charge in [0.1, 0.15) is 29.4 Å². The molecule has 1 heterocycles. The predicted molar refractivity (Wildman–Crippen MR) is 137 cm³/mol. The Labute approximate surface area is 216 Å². The van der Waals surface area contributed by atoms with Gasteiger partial charge in [0.2, 0.25) is 0 Å². The first-order chi connectivity index (χ1) is 16.9. The Hall–Kier alpha value is -3.72. The number of benzene rings is 2. The van der Waals surface area contributed by atoms with E-state index in [9.17, 15) is 20.1 Å². The van der Waals surface area contributed by atoms with Crippen molar-refractivity contribution in [2.45, 2.75) is 26.9 Å². The highest BCUT2D eigenvalue weighted by Crippen LogP contribution is 2.30. The van der Waals surface area contributed by atoms with Gasteiger partial charge in [-0.25, -0.2) is 4.79 Å². The van der Waals surface area contributed by atoms with Gasteiger partial charge in [-0.05, 0) is 49.2 Å². The maximum atomic E-state index is 13.0. The second-order valence-electron chi connectivity index (χ2n) is 7.41. The molecule has 0 unspecified atom stereocenters. The van der Waals surface area contributed by atoms with E-state index in [2.05, 4.69) is 22.0 Å². The van der Waals surface area contributed by atoms with Crippen molar-refractivity contribution in [3.8, 4) is 17.9 Å². The molecule has 0 saturated carbocycles. The summed E-state index contributed by atoms with van der Waals surface area (Å²) in [6.45, 7) is 3.87. The molecule has 0 amide bonds. The number of para-hydroxylation sites is 1. The third kappa shape index (κ3) is 6.45. The van der Waals surface area contributed by atoms with E-state index in [-0.39, 0.29) is 24.2 Å². The second kappa shape index (κ2) is 12.1. The van der Waals surface area contributed by atoms with Crippen LogP contribution in [0.3, 0.4) is 0 Å². The molecule has 0 aliphatic heterocycles. The van der Waals surface area contributed by atoms with Crippen LogP contribution in [0, 0.1) is 29.6 Å². The van der Waals surface area contributed by atoms with E-state index in [1.807, 2.05) is 36.4 Å². The molecule has 0 aliphatic rings. The number of hydrogen-bond acceptors (Lipinski definition) is 7. The van der Waals surface area contributed by atoms with Gasteiger partial charge in [-0.1, -0.05) is 46.3 Å². The highest BCUT2D eigenvalue weighted by molar-refractivity contribution is 9.10. The Kier molecular flexibility index (Phi) is 8.97. The zero-order valence-electron chi connectivity index (χ0n) is 19.1. The van der Waals surface area contributed by atoms with E-state index in [1.54, 1.807) is 32.0 Å². The fraction of sp³-hybridized carbons (Fsp3) is 0.185. The van der Waals surface area contributed by atoms with Gasteiger partial charge in [0, 0.05) is 21.3 Å². The Balaban J connectivity index is 1.83. The van der Waals surface area contributed by atoms with Gasteiger partial charge in [0.25, 0.3) is 0 Å². The van der Waals surface area contributed by atoms with Crippen LogP contribution in [0.4, 0.5) is 0 Å². The van der Waals surface area contributed by atoms with E-state index in [0.29, 0.717) is 33.2 Å². The van der Waals surface area contributed by atoms with Gasteiger partial charge in [-0.3, -0.25) is 4.79 Å². The topological polar surface area (TPSA) is 100 Å². The molecular weight excluding hydrogens is 528 g/mol. The van der Waals surface area contributed by atoms with Crippen molar-refractivity contribution < 1.29 is 19.1 Å². The predicted octanol–water partition coefficient (Wildman–Crippen LogP) is 6.17. The summed E-state index contributed by atoms with van der Waals surface area (Å²) < 4.78 is 12.0. The van der Waals surface area contributed by atoms with Gasteiger partial charge in [0.15, 0.2) is 5.78 Å². The highest BCUT2D eigenvalue weighted by atomic mass is 79.9.